The second kappa shape index (κ2) is 6.74. The molecule has 0 radical (unpaired) electrons. The highest BCUT2D eigenvalue weighted by molar-refractivity contribution is 5.76. The number of aromatic nitrogens is 3. The highest BCUT2D eigenvalue weighted by Gasteiger charge is 2.07. The normalized spacial score (nSPS) is 10.5. The van der Waals surface area contributed by atoms with Gasteiger partial charge in [0.2, 0.25) is 5.91 Å². The summed E-state index contributed by atoms with van der Waals surface area (Å²) >= 11 is 0. The van der Waals surface area contributed by atoms with E-state index < -0.39 is 0 Å². The second-order valence-corrected chi connectivity index (χ2v) is 4.41. The third kappa shape index (κ3) is 3.37. The number of amides is 1. The molecule has 2 aromatic heterocycles. The fourth-order valence-electron chi connectivity index (χ4n) is 1.81. The molecule has 0 aliphatic rings. The second-order valence-electron chi connectivity index (χ2n) is 4.41. The summed E-state index contributed by atoms with van der Waals surface area (Å²) in [6.07, 6.45) is 6.94. The van der Waals surface area contributed by atoms with Crippen molar-refractivity contribution in [2.45, 2.75) is 19.8 Å². The molecule has 0 aromatic carbocycles. The Hall–Kier alpha value is -2.31. The molecule has 0 fully saturated rings. The van der Waals surface area contributed by atoms with Crippen molar-refractivity contribution in [2.24, 2.45) is 0 Å². The predicted octanol–water partition coefficient (Wildman–Crippen LogP) is 1.10. The van der Waals surface area contributed by atoms with Crippen LogP contribution in [0, 0.1) is 0 Å². The van der Waals surface area contributed by atoms with E-state index in [-0.39, 0.29) is 5.91 Å². The van der Waals surface area contributed by atoms with Gasteiger partial charge in [0.25, 0.3) is 0 Å². The Morgan fingerprint density at radius 1 is 1.35 bits per heavy atom. The molecule has 3 N–H and O–H groups in total. The highest BCUT2D eigenvalue weighted by Crippen LogP contribution is 2.16. The summed E-state index contributed by atoms with van der Waals surface area (Å²) < 4.78 is 1.91. The van der Waals surface area contributed by atoms with E-state index >= 15 is 0 Å². The van der Waals surface area contributed by atoms with Gasteiger partial charge >= 0.3 is 0 Å². The van der Waals surface area contributed by atoms with Crippen molar-refractivity contribution in [1.82, 2.24) is 19.7 Å². The lowest BCUT2D eigenvalue weighted by Crippen LogP contribution is -2.21. The Balaban J connectivity index is 2.12. The van der Waals surface area contributed by atoms with Crippen molar-refractivity contribution < 1.29 is 4.79 Å². The Morgan fingerprint density at radius 2 is 2.20 bits per heavy atom. The number of carbonyl (C=O) groups is 1. The summed E-state index contributed by atoms with van der Waals surface area (Å²) in [7, 11) is 1.63. The minimum atomic E-state index is -0.00266. The topological polar surface area (TPSA) is 83.3 Å². The number of hydrogen-bond acceptors (Lipinski definition) is 5. The number of imidazole rings is 1. The van der Waals surface area contributed by atoms with Gasteiger partial charge in [-0.25, -0.2) is 9.97 Å². The van der Waals surface area contributed by atoms with Gasteiger partial charge in [-0.2, -0.15) is 0 Å². The van der Waals surface area contributed by atoms with Crippen molar-refractivity contribution in [1.29, 1.82) is 0 Å². The maximum absolute atomic E-state index is 11.2. The molecule has 0 aliphatic heterocycles. The summed E-state index contributed by atoms with van der Waals surface area (Å²) in [5.41, 5.74) is 0.754. The highest BCUT2D eigenvalue weighted by atomic mass is 16.1. The molecule has 2 aromatic rings. The van der Waals surface area contributed by atoms with Crippen LogP contribution in [0.3, 0.4) is 0 Å². The zero-order valence-electron chi connectivity index (χ0n) is 11.8. The van der Waals surface area contributed by atoms with E-state index in [0.29, 0.717) is 18.8 Å². The van der Waals surface area contributed by atoms with Gasteiger partial charge in [-0.05, 0) is 6.42 Å². The van der Waals surface area contributed by atoms with Crippen molar-refractivity contribution in [3.8, 4) is 0 Å². The van der Waals surface area contributed by atoms with Crippen LogP contribution in [0.25, 0.3) is 5.65 Å². The average Bonchev–Trinajstić information content (AvgIpc) is 2.93. The molecule has 0 saturated heterocycles. The van der Waals surface area contributed by atoms with Gasteiger partial charge in [0, 0.05) is 39.0 Å². The molecule has 108 valence electrons. The molecule has 0 aliphatic carbocycles. The van der Waals surface area contributed by atoms with E-state index in [2.05, 4.69) is 32.8 Å². The maximum atomic E-state index is 11.2. The molecule has 7 heteroatoms. The number of carbonyl (C=O) groups excluding carboxylic acids is 1. The monoisotopic (exact) mass is 276 g/mol. The van der Waals surface area contributed by atoms with Gasteiger partial charge in [0.1, 0.15) is 5.82 Å². The van der Waals surface area contributed by atoms with E-state index in [4.69, 9.17) is 0 Å². The maximum Gasteiger partial charge on any atom is 0.221 e. The Kier molecular flexibility index (Phi) is 4.75. The first kappa shape index (κ1) is 14.1. The molecule has 2 heterocycles. The SMILES string of the molecule is CCCNc1cn2ccnc2c(NCCC(=O)NC)n1. The molecular formula is C13H20N6O. The van der Waals surface area contributed by atoms with Crippen molar-refractivity contribution in [3.63, 3.8) is 0 Å². The number of hydrogen-bond donors (Lipinski definition) is 3. The van der Waals surface area contributed by atoms with Crippen LogP contribution in [0.1, 0.15) is 19.8 Å². The summed E-state index contributed by atoms with van der Waals surface area (Å²) in [5, 5.41) is 9.00. The van der Waals surface area contributed by atoms with Crippen molar-refractivity contribution in [2.75, 3.05) is 30.8 Å². The van der Waals surface area contributed by atoms with Gasteiger partial charge in [0.05, 0.1) is 6.20 Å². The third-order valence-corrected chi connectivity index (χ3v) is 2.85. The van der Waals surface area contributed by atoms with Crippen LogP contribution in [0.2, 0.25) is 0 Å². The zero-order valence-corrected chi connectivity index (χ0v) is 11.8. The predicted molar refractivity (Wildman–Crippen MR) is 78.9 cm³/mol. The van der Waals surface area contributed by atoms with Gasteiger partial charge in [-0.15, -0.1) is 0 Å². The number of anilines is 2. The first-order valence-corrected chi connectivity index (χ1v) is 6.76. The Morgan fingerprint density at radius 3 is 2.95 bits per heavy atom. The van der Waals surface area contributed by atoms with E-state index in [1.165, 1.54) is 0 Å². The molecule has 0 bridgehead atoms. The van der Waals surface area contributed by atoms with Crippen molar-refractivity contribution >= 4 is 23.2 Å². The molecule has 20 heavy (non-hydrogen) atoms. The number of nitrogens with one attached hydrogen (secondary N) is 3. The van der Waals surface area contributed by atoms with Crippen LogP contribution < -0.4 is 16.0 Å². The van der Waals surface area contributed by atoms with Gasteiger partial charge < -0.3 is 20.4 Å². The lowest BCUT2D eigenvalue weighted by molar-refractivity contribution is -0.120. The fourth-order valence-corrected chi connectivity index (χ4v) is 1.81. The number of fused-ring (bicyclic) bond motifs is 1. The van der Waals surface area contributed by atoms with Crippen LogP contribution >= 0.6 is 0 Å². The molecule has 7 nitrogen and oxygen atoms in total. The van der Waals surface area contributed by atoms with Crippen molar-refractivity contribution in [3.05, 3.63) is 18.6 Å². The van der Waals surface area contributed by atoms with E-state index in [9.17, 15) is 4.79 Å². The molecule has 0 atom stereocenters. The van der Waals surface area contributed by atoms with E-state index in [1.54, 1.807) is 13.2 Å². The smallest absolute Gasteiger partial charge is 0.221 e. The number of nitrogens with zero attached hydrogens (tertiary/aromatic N) is 3. The fraction of sp³-hybridized carbons (Fsp3) is 0.462. The van der Waals surface area contributed by atoms with Gasteiger partial charge in [-0.3, -0.25) is 4.79 Å². The van der Waals surface area contributed by atoms with E-state index in [1.807, 2.05) is 16.8 Å². The first-order valence-electron chi connectivity index (χ1n) is 6.76. The Labute approximate surface area is 117 Å². The number of rotatable bonds is 7. The average molecular weight is 276 g/mol. The molecule has 0 unspecified atom stereocenters. The third-order valence-electron chi connectivity index (χ3n) is 2.85. The first-order chi connectivity index (χ1) is 9.74. The van der Waals surface area contributed by atoms with Gasteiger partial charge in [0.15, 0.2) is 11.5 Å². The minimum Gasteiger partial charge on any atom is -0.369 e. The molecule has 0 saturated carbocycles. The lowest BCUT2D eigenvalue weighted by Gasteiger charge is -2.10. The van der Waals surface area contributed by atoms with Gasteiger partial charge in [-0.1, -0.05) is 6.92 Å². The van der Waals surface area contributed by atoms with Crippen LogP contribution in [0.15, 0.2) is 18.6 Å². The van der Waals surface area contributed by atoms with E-state index in [0.717, 1.165) is 24.4 Å². The van der Waals surface area contributed by atoms with Crippen LogP contribution in [0.4, 0.5) is 11.6 Å². The largest absolute Gasteiger partial charge is 0.369 e. The van der Waals surface area contributed by atoms with Crippen LogP contribution in [-0.4, -0.2) is 40.4 Å². The minimum absolute atomic E-state index is 0.00266. The summed E-state index contributed by atoms with van der Waals surface area (Å²) in [5.74, 6) is 1.47. The molecule has 2 rings (SSSR count). The van der Waals surface area contributed by atoms with Crippen LogP contribution in [0.5, 0.6) is 0 Å². The summed E-state index contributed by atoms with van der Waals surface area (Å²) in [6, 6.07) is 0. The quantitative estimate of drug-likeness (QED) is 0.705. The van der Waals surface area contributed by atoms with Crippen LogP contribution in [-0.2, 0) is 4.79 Å². The Bertz CT molecular complexity index is 579. The summed E-state index contributed by atoms with van der Waals surface area (Å²) in [6.45, 7) is 3.49. The molecule has 0 spiro atoms. The summed E-state index contributed by atoms with van der Waals surface area (Å²) in [4.78, 5) is 20.0. The molecule has 1 amide bonds. The molecular weight excluding hydrogens is 256 g/mol. The zero-order chi connectivity index (χ0) is 14.4. The lowest BCUT2D eigenvalue weighted by atomic mass is 10.4. The standard InChI is InChI=1S/C13H20N6O/c1-3-5-15-10-9-19-8-7-17-13(19)12(18-10)16-6-4-11(20)14-2/h7-9,15H,3-6H2,1-2H3,(H,14,20)(H,16,18).